The fourth-order valence-corrected chi connectivity index (χ4v) is 3.92. The topological polar surface area (TPSA) is 109 Å². The number of carbonyl (C=O) groups is 1. The average molecular weight is 338 g/mol. The summed E-state index contributed by atoms with van der Waals surface area (Å²) in [5.41, 5.74) is 6.51. The minimum absolute atomic E-state index is 0.150. The smallest absolute Gasteiger partial charge is 0.239 e. The van der Waals surface area contributed by atoms with Gasteiger partial charge in [0.2, 0.25) is 5.91 Å². The van der Waals surface area contributed by atoms with Crippen LogP contribution in [0.3, 0.4) is 0 Å². The van der Waals surface area contributed by atoms with Gasteiger partial charge in [-0.05, 0) is 31.4 Å². The number of likely N-dealkylation sites (tertiary alicyclic amines) is 1. The van der Waals surface area contributed by atoms with Crippen LogP contribution in [0.15, 0.2) is 18.3 Å². The van der Waals surface area contributed by atoms with Crippen molar-refractivity contribution in [3.63, 3.8) is 0 Å². The summed E-state index contributed by atoms with van der Waals surface area (Å²) in [5, 5.41) is 8.59. The summed E-state index contributed by atoms with van der Waals surface area (Å²) in [4.78, 5) is 14.0. The number of nitriles is 1. The van der Waals surface area contributed by atoms with E-state index < -0.39 is 15.9 Å². The van der Waals surface area contributed by atoms with Gasteiger partial charge in [-0.1, -0.05) is 0 Å². The van der Waals surface area contributed by atoms with Gasteiger partial charge in [0.1, 0.15) is 21.6 Å². The average Bonchev–Trinajstić information content (AvgIpc) is 2.98. The van der Waals surface area contributed by atoms with Crippen molar-refractivity contribution >= 4 is 15.7 Å². The summed E-state index contributed by atoms with van der Waals surface area (Å²) >= 11 is 0. The van der Waals surface area contributed by atoms with E-state index in [2.05, 4.69) is 6.07 Å². The van der Waals surface area contributed by atoms with Gasteiger partial charge in [0.05, 0.1) is 11.3 Å². The second-order valence-electron chi connectivity index (χ2n) is 5.95. The van der Waals surface area contributed by atoms with Crippen LogP contribution in [0.5, 0.6) is 0 Å². The maximum absolute atomic E-state index is 12.3. The van der Waals surface area contributed by atoms with Crippen LogP contribution in [-0.4, -0.2) is 54.4 Å². The molecule has 1 saturated heterocycles. The van der Waals surface area contributed by atoms with Crippen molar-refractivity contribution in [3.8, 4) is 6.07 Å². The number of carbonyl (C=O) groups excluding carboxylic acids is 1. The highest BCUT2D eigenvalue weighted by Gasteiger charge is 2.30. The number of aryl methyl sites for hydroxylation is 1. The summed E-state index contributed by atoms with van der Waals surface area (Å²) in [5.74, 6) is -0.150. The zero-order chi connectivity index (χ0) is 17.0. The summed E-state index contributed by atoms with van der Waals surface area (Å²) in [6.07, 6.45) is 4.40. The fourth-order valence-electron chi connectivity index (χ4n) is 2.85. The first-order valence-electron chi connectivity index (χ1n) is 7.61. The lowest BCUT2D eigenvalue weighted by molar-refractivity contribution is -0.133. The van der Waals surface area contributed by atoms with Gasteiger partial charge in [-0.15, -0.1) is 0 Å². The lowest BCUT2D eigenvalue weighted by atomic mass is 10.1. The molecule has 1 aliphatic heterocycles. The number of nitrogens with two attached hydrogens (primary N) is 1. The highest BCUT2D eigenvalue weighted by atomic mass is 32.2. The van der Waals surface area contributed by atoms with E-state index in [1.54, 1.807) is 27.8 Å². The van der Waals surface area contributed by atoms with Gasteiger partial charge in [0, 0.05) is 32.1 Å². The Morgan fingerprint density at radius 2 is 2.13 bits per heavy atom. The van der Waals surface area contributed by atoms with Crippen LogP contribution in [-0.2, 0) is 21.2 Å². The van der Waals surface area contributed by atoms with E-state index in [9.17, 15) is 13.2 Å². The third-order valence-electron chi connectivity index (χ3n) is 4.30. The van der Waals surface area contributed by atoms with Crippen molar-refractivity contribution in [2.75, 3.05) is 19.3 Å². The van der Waals surface area contributed by atoms with Gasteiger partial charge in [0.25, 0.3) is 0 Å². The van der Waals surface area contributed by atoms with Crippen molar-refractivity contribution in [1.29, 1.82) is 5.26 Å². The molecule has 1 aromatic heterocycles. The van der Waals surface area contributed by atoms with Gasteiger partial charge in [-0.3, -0.25) is 4.79 Å². The Balaban J connectivity index is 1.85. The standard InChI is InChI=1S/C15H22N4O3S/c1-23(21,22)13-4-8-19(9-5-13)15(20)14(17)6-10-18-7-2-3-12(18)11-16/h2-3,7,13-14H,4-6,8-10,17H2,1H3. The van der Waals surface area contributed by atoms with Crippen LogP contribution in [0.25, 0.3) is 0 Å². The Kier molecular flexibility index (Phi) is 5.44. The summed E-state index contributed by atoms with van der Waals surface area (Å²) < 4.78 is 24.8. The first kappa shape index (κ1) is 17.5. The number of sulfone groups is 1. The molecule has 0 saturated carbocycles. The van der Waals surface area contributed by atoms with E-state index in [1.807, 2.05) is 0 Å². The van der Waals surface area contributed by atoms with Crippen molar-refractivity contribution in [3.05, 3.63) is 24.0 Å². The van der Waals surface area contributed by atoms with Crippen molar-refractivity contribution < 1.29 is 13.2 Å². The number of aromatic nitrogens is 1. The number of rotatable bonds is 5. The van der Waals surface area contributed by atoms with Gasteiger partial charge >= 0.3 is 0 Å². The molecule has 0 spiro atoms. The SMILES string of the molecule is CS(=O)(=O)C1CCN(C(=O)C(N)CCn2cccc2C#N)CC1. The summed E-state index contributed by atoms with van der Waals surface area (Å²) in [6.45, 7) is 1.36. The molecule has 0 bridgehead atoms. The molecule has 23 heavy (non-hydrogen) atoms. The largest absolute Gasteiger partial charge is 0.341 e. The molecule has 7 nitrogen and oxygen atoms in total. The highest BCUT2D eigenvalue weighted by molar-refractivity contribution is 7.91. The van der Waals surface area contributed by atoms with Crippen LogP contribution in [0.2, 0.25) is 0 Å². The lowest BCUT2D eigenvalue weighted by Crippen LogP contribution is -2.49. The molecule has 2 N–H and O–H groups in total. The Bertz CT molecular complexity index is 697. The Labute approximate surface area is 136 Å². The molecule has 0 radical (unpaired) electrons. The normalized spacial score (nSPS) is 17.7. The van der Waals surface area contributed by atoms with Crippen LogP contribution >= 0.6 is 0 Å². The molecule has 1 amide bonds. The Hall–Kier alpha value is -1.85. The first-order valence-corrected chi connectivity index (χ1v) is 9.57. The molecule has 2 rings (SSSR count). The van der Waals surface area contributed by atoms with Crippen LogP contribution in [0, 0.1) is 11.3 Å². The van der Waals surface area contributed by atoms with Gasteiger partial charge in [-0.25, -0.2) is 8.42 Å². The maximum atomic E-state index is 12.3. The molecule has 1 aliphatic rings. The maximum Gasteiger partial charge on any atom is 0.239 e. The van der Waals surface area contributed by atoms with Crippen LogP contribution < -0.4 is 5.73 Å². The van der Waals surface area contributed by atoms with Gasteiger partial charge < -0.3 is 15.2 Å². The number of hydrogen-bond donors (Lipinski definition) is 1. The first-order chi connectivity index (χ1) is 10.8. The molecule has 2 heterocycles. The van der Waals surface area contributed by atoms with Crippen LogP contribution in [0.1, 0.15) is 25.0 Å². The van der Waals surface area contributed by atoms with E-state index >= 15 is 0 Å². The van der Waals surface area contributed by atoms with Crippen LogP contribution in [0.4, 0.5) is 0 Å². The number of amides is 1. The third-order valence-corrected chi connectivity index (χ3v) is 5.98. The minimum atomic E-state index is -3.05. The monoisotopic (exact) mass is 338 g/mol. The van der Waals surface area contributed by atoms with Gasteiger partial charge in [-0.2, -0.15) is 5.26 Å². The molecule has 1 fully saturated rings. The number of hydrogen-bond acceptors (Lipinski definition) is 5. The molecular weight excluding hydrogens is 316 g/mol. The van der Waals surface area contributed by atoms with E-state index in [4.69, 9.17) is 11.0 Å². The molecule has 0 aromatic carbocycles. The Morgan fingerprint density at radius 3 is 2.70 bits per heavy atom. The molecule has 0 aliphatic carbocycles. The molecule has 1 unspecified atom stereocenters. The molecule has 126 valence electrons. The molecule has 1 aromatic rings. The van der Waals surface area contributed by atoms with Crippen molar-refractivity contribution in [1.82, 2.24) is 9.47 Å². The zero-order valence-electron chi connectivity index (χ0n) is 13.2. The van der Waals surface area contributed by atoms with E-state index in [1.165, 1.54) is 6.26 Å². The molecule has 1 atom stereocenters. The number of nitrogens with zero attached hydrogens (tertiary/aromatic N) is 3. The van der Waals surface area contributed by atoms with E-state index in [0.717, 1.165) is 0 Å². The number of piperidine rings is 1. The van der Waals surface area contributed by atoms with E-state index in [0.29, 0.717) is 44.6 Å². The Morgan fingerprint density at radius 1 is 1.48 bits per heavy atom. The predicted molar refractivity (Wildman–Crippen MR) is 86.2 cm³/mol. The zero-order valence-corrected chi connectivity index (χ0v) is 14.0. The van der Waals surface area contributed by atoms with Crippen molar-refractivity contribution in [2.45, 2.75) is 37.1 Å². The third kappa shape index (κ3) is 4.33. The fraction of sp³-hybridized carbons (Fsp3) is 0.600. The van der Waals surface area contributed by atoms with Gasteiger partial charge in [0.15, 0.2) is 0 Å². The predicted octanol–water partition coefficient (Wildman–Crippen LogP) is 0.113. The van der Waals surface area contributed by atoms with Crippen molar-refractivity contribution in [2.24, 2.45) is 5.73 Å². The lowest BCUT2D eigenvalue weighted by Gasteiger charge is -2.32. The quantitative estimate of drug-likeness (QED) is 0.819. The second kappa shape index (κ2) is 7.15. The highest BCUT2D eigenvalue weighted by Crippen LogP contribution is 2.18. The minimum Gasteiger partial charge on any atom is -0.341 e. The summed E-state index contributed by atoms with van der Waals surface area (Å²) in [7, 11) is -3.05. The molecule has 8 heteroatoms. The molecular formula is C15H22N4O3S. The second-order valence-corrected chi connectivity index (χ2v) is 8.27. The van der Waals surface area contributed by atoms with E-state index in [-0.39, 0.29) is 11.2 Å². The summed E-state index contributed by atoms with van der Waals surface area (Å²) in [6, 6.07) is 4.93.